The summed E-state index contributed by atoms with van der Waals surface area (Å²) >= 11 is 0. The van der Waals surface area contributed by atoms with Gasteiger partial charge in [-0.1, -0.05) is 54.6 Å². The van der Waals surface area contributed by atoms with Crippen LogP contribution in [0.25, 0.3) is 6.08 Å². The van der Waals surface area contributed by atoms with Crippen molar-refractivity contribution in [3.05, 3.63) is 71.8 Å². The minimum atomic E-state index is -4.53. The summed E-state index contributed by atoms with van der Waals surface area (Å²) in [6.07, 6.45) is 1.50. The van der Waals surface area contributed by atoms with E-state index in [2.05, 4.69) is 10.2 Å². The van der Waals surface area contributed by atoms with Crippen LogP contribution in [0.3, 0.4) is 0 Å². The minimum Gasteiger partial charge on any atom is -0.320 e. The highest BCUT2D eigenvalue weighted by Gasteiger charge is 2.33. The Bertz CT molecular complexity index is 846. The highest BCUT2D eigenvalue weighted by Crippen LogP contribution is 2.34. The van der Waals surface area contributed by atoms with Crippen LogP contribution in [-0.2, 0) is 6.18 Å². The van der Waals surface area contributed by atoms with Crippen LogP contribution in [0, 0.1) is 0 Å². The van der Waals surface area contributed by atoms with Crippen LogP contribution in [0.4, 0.5) is 23.7 Å². The number of nitrogens with zero attached hydrogens (tertiary/aromatic N) is 2. The number of hydrogen-bond acceptors (Lipinski definition) is 2. The zero-order valence-corrected chi connectivity index (χ0v) is 16.7. The predicted octanol–water partition coefficient (Wildman–Crippen LogP) is 5.35. The van der Waals surface area contributed by atoms with E-state index in [1.807, 2.05) is 42.5 Å². The van der Waals surface area contributed by atoms with Gasteiger partial charge in [-0.2, -0.15) is 13.2 Å². The molecule has 0 aliphatic carbocycles. The lowest BCUT2D eigenvalue weighted by Crippen LogP contribution is -2.40. The second-order valence-corrected chi connectivity index (χ2v) is 7.28. The van der Waals surface area contributed by atoms with Gasteiger partial charge in [0, 0.05) is 19.6 Å². The Hall–Kier alpha value is -2.80. The summed E-state index contributed by atoms with van der Waals surface area (Å²) < 4.78 is 39.8. The molecule has 4 nitrogen and oxygen atoms in total. The standard InChI is InChI=1S/C23H26F3N3O/c24-23(25,26)20-12-4-5-13-21(20)27-22(30)29(18-17-28-14-6-7-15-28)16-8-11-19-9-2-1-3-10-19/h1-5,8-13H,6-7,14-18H2,(H,27,30)/b11-8+. The molecule has 3 rings (SSSR count). The molecule has 1 N–H and O–H groups in total. The number of hydrogen-bond donors (Lipinski definition) is 1. The molecule has 0 spiro atoms. The number of para-hydroxylation sites is 1. The van der Waals surface area contributed by atoms with E-state index in [1.165, 1.54) is 18.2 Å². The number of carbonyl (C=O) groups excluding carboxylic acids is 1. The molecule has 0 saturated carbocycles. The molecule has 2 amide bonds. The first-order valence-electron chi connectivity index (χ1n) is 10.1. The van der Waals surface area contributed by atoms with Crippen molar-refractivity contribution < 1.29 is 18.0 Å². The number of anilines is 1. The van der Waals surface area contributed by atoms with Gasteiger partial charge in [-0.25, -0.2) is 4.79 Å². The van der Waals surface area contributed by atoms with E-state index in [-0.39, 0.29) is 5.69 Å². The number of amides is 2. The quantitative estimate of drug-likeness (QED) is 0.659. The first kappa shape index (κ1) is 21.9. The van der Waals surface area contributed by atoms with Gasteiger partial charge in [0.1, 0.15) is 0 Å². The van der Waals surface area contributed by atoms with Crippen LogP contribution in [0.1, 0.15) is 24.0 Å². The molecule has 0 aromatic heterocycles. The largest absolute Gasteiger partial charge is 0.418 e. The van der Waals surface area contributed by atoms with E-state index < -0.39 is 17.8 Å². The number of rotatable bonds is 7. The lowest BCUT2D eigenvalue weighted by atomic mass is 10.1. The third-order valence-corrected chi connectivity index (χ3v) is 5.08. The van der Waals surface area contributed by atoms with Crippen molar-refractivity contribution in [2.24, 2.45) is 0 Å². The molecule has 0 bridgehead atoms. The Morgan fingerprint density at radius 1 is 1.03 bits per heavy atom. The lowest BCUT2D eigenvalue weighted by Gasteiger charge is -2.25. The SMILES string of the molecule is O=C(Nc1ccccc1C(F)(F)F)N(C/C=C/c1ccccc1)CCN1CCCC1. The second kappa shape index (κ2) is 10.3. The van der Waals surface area contributed by atoms with Crippen LogP contribution in [0.2, 0.25) is 0 Å². The molecule has 1 aliphatic rings. The van der Waals surface area contributed by atoms with Gasteiger partial charge in [0.15, 0.2) is 0 Å². The second-order valence-electron chi connectivity index (χ2n) is 7.28. The molecule has 1 fully saturated rings. The number of likely N-dealkylation sites (tertiary alicyclic amines) is 1. The Kier molecular flexibility index (Phi) is 7.52. The highest BCUT2D eigenvalue weighted by molar-refractivity contribution is 5.90. The van der Waals surface area contributed by atoms with Gasteiger partial charge in [0.25, 0.3) is 0 Å². The molecule has 2 aromatic rings. The molecule has 1 heterocycles. The average molecular weight is 417 g/mol. The van der Waals surface area contributed by atoms with Gasteiger partial charge < -0.3 is 15.1 Å². The Labute approximate surface area is 175 Å². The molecule has 0 atom stereocenters. The molecular weight excluding hydrogens is 391 g/mol. The van der Waals surface area contributed by atoms with Gasteiger partial charge in [-0.3, -0.25) is 0 Å². The van der Waals surface area contributed by atoms with Crippen molar-refractivity contribution in [1.29, 1.82) is 0 Å². The van der Waals surface area contributed by atoms with Crippen LogP contribution in [-0.4, -0.2) is 48.6 Å². The first-order valence-corrected chi connectivity index (χ1v) is 10.1. The van der Waals surface area contributed by atoms with Crippen molar-refractivity contribution in [2.45, 2.75) is 19.0 Å². The number of benzene rings is 2. The Morgan fingerprint density at radius 2 is 1.70 bits per heavy atom. The van der Waals surface area contributed by atoms with Gasteiger partial charge in [0.2, 0.25) is 0 Å². The van der Waals surface area contributed by atoms with E-state index in [4.69, 9.17) is 0 Å². The zero-order chi connectivity index (χ0) is 21.4. The molecule has 7 heteroatoms. The smallest absolute Gasteiger partial charge is 0.320 e. The monoisotopic (exact) mass is 417 g/mol. The summed E-state index contributed by atoms with van der Waals surface area (Å²) in [5.41, 5.74) is -0.0781. The molecule has 160 valence electrons. The molecular formula is C23H26F3N3O. The molecule has 1 aliphatic heterocycles. The van der Waals surface area contributed by atoms with Gasteiger partial charge in [-0.15, -0.1) is 0 Å². The maximum absolute atomic E-state index is 13.3. The summed E-state index contributed by atoms with van der Waals surface area (Å²) in [4.78, 5) is 16.6. The number of carbonyl (C=O) groups is 1. The number of nitrogens with one attached hydrogen (secondary N) is 1. The minimum absolute atomic E-state index is 0.229. The highest BCUT2D eigenvalue weighted by atomic mass is 19.4. The summed E-state index contributed by atoms with van der Waals surface area (Å²) in [6, 6.07) is 14.2. The summed E-state index contributed by atoms with van der Waals surface area (Å²) in [5.74, 6) is 0. The lowest BCUT2D eigenvalue weighted by molar-refractivity contribution is -0.136. The molecule has 0 unspecified atom stereocenters. The van der Waals surface area contributed by atoms with Crippen LogP contribution >= 0.6 is 0 Å². The summed E-state index contributed by atoms with van der Waals surface area (Å²) in [5, 5.41) is 2.46. The van der Waals surface area contributed by atoms with E-state index in [0.717, 1.165) is 37.6 Å². The van der Waals surface area contributed by atoms with Crippen LogP contribution in [0.15, 0.2) is 60.7 Å². The van der Waals surface area contributed by atoms with Gasteiger partial charge in [0.05, 0.1) is 11.3 Å². The van der Waals surface area contributed by atoms with Gasteiger partial charge >= 0.3 is 12.2 Å². The number of urea groups is 1. The number of alkyl halides is 3. The fourth-order valence-corrected chi connectivity index (χ4v) is 3.46. The molecule has 30 heavy (non-hydrogen) atoms. The summed E-state index contributed by atoms with van der Waals surface area (Å²) in [7, 11) is 0. The van der Waals surface area contributed by atoms with Crippen LogP contribution < -0.4 is 5.32 Å². The van der Waals surface area contributed by atoms with E-state index in [9.17, 15) is 18.0 Å². The topological polar surface area (TPSA) is 35.6 Å². The van der Waals surface area contributed by atoms with Crippen molar-refractivity contribution in [3.63, 3.8) is 0 Å². The van der Waals surface area contributed by atoms with Crippen molar-refractivity contribution in [3.8, 4) is 0 Å². The summed E-state index contributed by atoms with van der Waals surface area (Å²) in [6.45, 7) is 3.44. The van der Waals surface area contributed by atoms with Crippen molar-refractivity contribution in [1.82, 2.24) is 9.80 Å². The van der Waals surface area contributed by atoms with E-state index in [0.29, 0.717) is 19.6 Å². The van der Waals surface area contributed by atoms with E-state index >= 15 is 0 Å². The third-order valence-electron chi connectivity index (χ3n) is 5.08. The Morgan fingerprint density at radius 3 is 2.40 bits per heavy atom. The zero-order valence-electron chi connectivity index (χ0n) is 16.7. The Balaban J connectivity index is 1.70. The number of halogens is 3. The normalized spacial score (nSPS) is 14.9. The molecule has 0 radical (unpaired) electrons. The fraction of sp³-hybridized carbons (Fsp3) is 0.348. The fourth-order valence-electron chi connectivity index (χ4n) is 3.46. The maximum Gasteiger partial charge on any atom is 0.418 e. The molecule has 2 aromatic carbocycles. The van der Waals surface area contributed by atoms with E-state index in [1.54, 1.807) is 4.90 Å². The van der Waals surface area contributed by atoms with Crippen molar-refractivity contribution in [2.75, 3.05) is 38.0 Å². The third kappa shape index (κ3) is 6.35. The molecule has 1 saturated heterocycles. The average Bonchev–Trinajstić information content (AvgIpc) is 3.24. The predicted molar refractivity (Wildman–Crippen MR) is 113 cm³/mol. The maximum atomic E-state index is 13.3. The van der Waals surface area contributed by atoms with Crippen molar-refractivity contribution >= 4 is 17.8 Å². The van der Waals surface area contributed by atoms with Gasteiger partial charge in [-0.05, 0) is 43.6 Å². The van der Waals surface area contributed by atoms with Crippen LogP contribution in [0.5, 0.6) is 0 Å². The first-order chi connectivity index (χ1) is 14.4.